The summed E-state index contributed by atoms with van der Waals surface area (Å²) in [5.41, 5.74) is -0.521. The quantitative estimate of drug-likeness (QED) is 0.910. The summed E-state index contributed by atoms with van der Waals surface area (Å²) >= 11 is 5.57. The van der Waals surface area contributed by atoms with Gasteiger partial charge in [-0.05, 0) is 12.1 Å². The minimum absolute atomic E-state index is 0.262. The molecule has 18 heavy (non-hydrogen) atoms. The molecule has 0 radical (unpaired) electrons. The van der Waals surface area contributed by atoms with E-state index >= 15 is 0 Å². The van der Waals surface area contributed by atoms with E-state index in [0.29, 0.717) is 6.07 Å². The van der Waals surface area contributed by atoms with Crippen LogP contribution in [-0.4, -0.2) is 18.6 Å². The Labute approximate surface area is 106 Å². The largest absolute Gasteiger partial charge is 0.278 e. The highest BCUT2D eigenvalue weighted by atomic mass is 35.5. The van der Waals surface area contributed by atoms with Crippen molar-refractivity contribution >= 4 is 27.3 Å². The van der Waals surface area contributed by atoms with Gasteiger partial charge in [0.2, 0.25) is 0 Å². The van der Waals surface area contributed by atoms with Crippen molar-refractivity contribution in [2.45, 2.75) is 5.03 Å². The van der Waals surface area contributed by atoms with Crippen LogP contribution in [0.25, 0.3) is 0 Å². The zero-order valence-electron chi connectivity index (χ0n) is 8.62. The number of benzene rings is 1. The molecule has 2 aromatic rings. The number of H-pyrrole nitrogens is 1. The Bertz CT molecular complexity index is 650. The molecule has 0 spiro atoms. The Morgan fingerprint density at radius 2 is 2.06 bits per heavy atom. The predicted octanol–water partition coefficient (Wildman–Crippen LogP) is 2.14. The number of rotatable bonds is 3. The molecule has 9 heteroatoms. The van der Waals surface area contributed by atoms with Gasteiger partial charge in [0.1, 0.15) is 11.5 Å². The van der Waals surface area contributed by atoms with Gasteiger partial charge in [-0.25, -0.2) is 8.78 Å². The molecule has 2 N–H and O–H groups in total. The van der Waals surface area contributed by atoms with Crippen molar-refractivity contribution < 1.29 is 17.2 Å². The second-order valence-corrected chi connectivity index (χ2v) is 5.33. The highest BCUT2D eigenvalue weighted by Crippen LogP contribution is 2.28. The summed E-state index contributed by atoms with van der Waals surface area (Å²) in [6.07, 6.45) is 1.22. The number of nitrogens with zero attached hydrogens (tertiary/aromatic N) is 1. The molecular weight excluding hydrogens is 288 g/mol. The molecule has 0 fully saturated rings. The molecule has 1 aromatic heterocycles. The molecule has 0 atom stereocenters. The fourth-order valence-corrected chi connectivity index (χ4v) is 2.52. The summed E-state index contributed by atoms with van der Waals surface area (Å²) in [5, 5.41) is 5.03. The average molecular weight is 294 g/mol. The first-order valence-electron chi connectivity index (χ1n) is 4.57. The number of halogens is 3. The zero-order valence-corrected chi connectivity index (χ0v) is 10.2. The smallest absolute Gasteiger partial charge is 0.274 e. The van der Waals surface area contributed by atoms with E-state index in [1.165, 1.54) is 12.3 Å². The van der Waals surface area contributed by atoms with E-state index in [1.54, 1.807) is 0 Å². The highest BCUT2D eigenvalue weighted by Gasteiger charge is 2.20. The molecule has 5 nitrogen and oxygen atoms in total. The Morgan fingerprint density at radius 1 is 1.33 bits per heavy atom. The molecule has 0 bridgehead atoms. The number of sulfonamides is 1. The summed E-state index contributed by atoms with van der Waals surface area (Å²) in [4.78, 5) is 0. The molecule has 0 aliphatic rings. The molecule has 0 saturated heterocycles. The molecule has 0 aliphatic carbocycles. The van der Waals surface area contributed by atoms with Crippen LogP contribution in [0.2, 0.25) is 5.02 Å². The molecule has 2 rings (SSSR count). The average Bonchev–Trinajstić information content (AvgIpc) is 2.77. The summed E-state index contributed by atoms with van der Waals surface area (Å²) in [7, 11) is -4.04. The van der Waals surface area contributed by atoms with Crippen molar-refractivity contribution in [3.63, 3.8) is 0 Å². The van der Waals surface area contributed by atoms with E-state index in [9.17, 15) is 17.2 Å². The maximum absolute atomic E-state index is 13.4. The maximum atomic E-state index is 13.4. The molecule has 0 unspecified atom stereocenters. The van der Waals surface area contributed by atoms with E-state index in [-0.39, 0.29) is 10.0 Å². The van der Waals surface area contributed by atoms with Gasteiger partial charge in [-0.3, -0.25) is 9.82 Å². The first-order chi connectivity index (χ1) is 8.40. The van der Waals surface area contributed by atoms with E-state index in [1.807, 2.05) is 4.72 Å². The number of hydrogen-bond donors (Lipinski definition) is 2. The van der Waals surface area contributed by atoms with Gasteiger partial charge in [0, 0.05) is 6.07 Å². The van der Waals surface area contributed by atoms with Crippen LogP contribution in [0.3, 0.4) is 0 Å². The summed E-state index contributed by atoms with van der Waals surface area (Å²) < 4.78 is 51.6. The summed E-state index contributed by atoms with van der Waals surface area (Å²) in [6, 6.07) is 2.50. The minimum Gasteiger partial charge on any atom is -0.274 e. The van der Waals surface area contributed by atoms with Crippen LogP contribution in [0.4, 0.5) is 14.5 Å². The first-order valence-corrected chi connectivity index (χ1v) is 6.43. The van der Waals surface area contributed by atoms with Crippen LogP contribution in [0.15, 0.2) is 29.4 Å². The van der Waals surface area contributed by atoms with Crippen molar-refractivity contribution in [1.82, 2.24) is 10.2 Å². The Balaban J connectivity index is 2.42. The second-order valence-electron chi connectivity index (χ2n) is 3.27. The molecule has 0 saturated carbocycles. The molecule has 0 amide bonds. The number of aromatic nitrogens is 2. The summed E-state index contributed by atoms with van der Waals surface area (Å²) in [5.74, 6) is -2.01. The third kappa shape index (κ3) is 2.44. The SMILES string of the molecule is O=S(=O)(Nc1c(F)cc(F)cc1Cl)c1ccn[nH]1. The lowest BCUT2D eigenvalue weighted by molar-refractivity contribution is 0.582. The Morgan fingerprint density at radius 3 is 2.61 bits per heavy atom. The number of hydrogen-bond acceptors (Lipinski definition) is 3. The van der Waals surface area contributed by atoms with Crippen LogP contribution in [0, 0.1) is 11.6 Å². The Hall–Kier alpha value is -1.67. The normalized spacial score (nSPS) is 11.5. The monoisotopic (exact) mass is 293 g/mol. The van der Waals surface area contributed by atoms with Crippen molar-refractivity contribution in [2.75, 3.05) is 4.72 Å². The predicted molar refractivity (Wildman–Crippen MR) is 60.8 cm³/mol. The number of aromatic amines is 1. The Kier molecular flexibility index (Phi) is 3.22. The van der Waals surface area contributed by atoms with Gasteiger partial charge in [-0.1, -0.05) is 11.6 Å². The fraction of sp³-hybridized carbons (Fsp3) is 0. The lowest BCUT2D eigenvalue weighted by Crippen LogP contribution is -2.15. The molecule has 96 valence electrons. The lowest BCUT2D eigenvalue weighted by Gasteiger charge is -2.09. The van der Waals surface area contributed by atoms with Crippen molar-refractivity contribution in [1.29, 1.82) is 0 Å². The van der Waals surface area contributed by atoms with Crippen molar-refractivity contribution in [2.24, 2.45) is 0 Å². The zero-order chi connectivity index (χ0) is 13.3. The van der Waals surface area contributed by atoms with Gasteiger partial charge < -0.3 is 0 Å². The maximum Gasteiger partial charge on any atom is 0.278 e. The van der Waals surface area contributed by atoms with E-state index < -0.39 is 27.3 Å². The van der Waals surface area contributed by atoms with Gasteiger partial charge in [0.05, 0.1) is 11.2 Å². The van der Waals surface area contributed by atoms with Crippen LogP contribution in [0.1, 0.15) is 0 Å². The van der Waals surface area contributed by atoms with Crippen molar-refractivity contribution in [3.8, 4) is 0 Å². The van der Waals surface area contributed by atoms with Crippen LogP contribution in [-0.2, 0) is 10.0 Å². The molecule has 1 aromatic carbocycles. The molecule has 1 heterocycles. The first kappa shape index (κ1) is 12.8. The third-order valence-corrected chi connectivity index (χ3v) is 3.59. The van der Waals surface area contributed by atoms with E-state index in [2.05, 4.69) is 10.2 Å². The van der Waals surface area contributed by atoms with Crippen molar-refractivity contribution in [3.05, 3.63) is 41.1 Å². The molecular formula is C9H6ClF2N3O2S. The number of anilines is 1. The standard InChI is InChI=1S/C9H6ClF2N3O2S/c10-6-3-5(11)4-7(12)9(6)15-18(16,17)8-1-2-13-14-8/h1-4,15H,(H,13,14). The van der Waals surface area contributed by atoms with E-state index in [4.69, 9.17) is 11.6 Å². The topological polar surface area (TPSA) is 74.8 Å². The molecule has 0 aliphatic heterocycles. The van der Waals surface area contributed by atoms with Gasteiger partial charge in [-0.15, -0.1) is 0 Å². The van der Waals surface area contributed by atoms with Gasteiger partial charge >= 0.3 is 0 Å². The van der Waals surface area contributed by atoms with Crippen LogP contribution in [0.5, 0.6) is 0 Å². The third-order valence-electron chi connectivity index (χ3n) is 2.01. The van der Waals surface area contributed by atoms with Crippen LogP contribution >= 0.6 is 11.6 Å². The van der Waals surface area contributed by atoms with Gasteiger partial charge in [-0.2, -0.15) is 13.5 Å². The lowest BCUT2D eigenvalue weighted by atomic mass is 10.3. The van der Waals surface area contributed by atoms with Crippen LogP contribution < -0.4 is 4.72 Å². The fourth-order valence-electron chi connectivity index (χ4n) is 1.22. The van der Waals surface area contributed by atoms with E-state index in [0.717, 1.165) is 6.07 Å². The summed E-state index contributed by atoms with van der Waals surface area (Å²) in [6.45, 7) is 0. The van der Waals surface area contributed by atoms with Gasteiger partial charge in [0.25, 0.3) is 10.0 Å². The second kappa shape index (κ2) is 4.54. The van der Waals surface area contributed by atoms with Gasteiger partial charge in [0.15, 0.2) is 10.8 Å². The minimum atomic E-state index is -4.04. The number of nitrogens with one attached hydrogen (secondary N) is 2. The highest BCUT2D eigenvalue weighted by molar-refractivity contribution is 7.92.